The summed E-state index contributed by atoms with van der Waals surface area (Å²) >= 11 is 2.24. The van der Waals surface area contributed by atoms with Crippen LogP contribution in [0.3, 0.4) is 0 Å². The average Bonchev–Trinajstić information content (AvgIpc) is 2.80. The van der Waals surface area contributed by atoms with Crippen LogP contribution in [0.5, 0.6) is 0 Å². The van der Waals surface area contributed by atoms with Crippen molar-refractivity contribution < 1.29 is 9.53 Å². The van der Waals surface area contributed by atoms with Gasteiger partial charge in [-0.25, -0.2) is 0 Å². The Morgan fingerprint density at radius 2 is 2.29 bits per heavy atom. The monoisotopic (exact) mass is 345 g/mol. The van der Waals surface area contributed by atoms with E-state index in [0.29, 0.717) is 6.54 Å². The van der Waals surface area contributed by atoms with Crippen LogP contribution in [0.2, 0.25) is 0 Å². The zero-order chi connectivity index (χ0) is 12.4. The standard InChI is InChI=1S/C13H16INO2/c1-9-4-3-5-11(12(9)14)13(16)15-7-6-10(8-15)17-2/h3-5,10H,6-8H2,1-2H3. The number of benzene rings is 1. The number of carbonyl (C=O) groups is 1. The van der Waals surface area contributed by atoms with Crippen molar-refractivity contribution in [2.45, 2.75) is 19.4 Å². The molecule has 0 N–H and O–H groups in total. The maximum atomic E-state index is 12.3. The van der Waals surface area contributed by atoms with Crippen molar-refractivity contribution in [3.8, 4) is 0 Å². The van der Waals surface area contributed by atoms with Crippen molar-refractivity contribution in [2.24, 2.45) is 0 Å². The Labute approximate surface area is 115 Å². The zero-order valence-corrected chi connectivity index (χ0v) is 12.2. The zero-order valence-electron chi connectivity index (χ0n) is 10.1. The van der Waals surface area contributed by atoms with E-state index < -0.39 is 0 Å². The van der Waals surface area contributed by atoms with Crippen molar-refractivity contribution in [1.82, 2.24) is 4.90 Å². The van der Waals surface area contributed by atoms with E-state index in [1.807, 2.05) is 30.0 Å². The second-order valence-corrected chi connectivity index (χ2v) is 5.41. The van der Waals surface area contributed by atoms with E-state index >= 15 is 0 Å². The highest BCUT2D eigenvalue weighted by molar-refractivity contribution is 14.1. The molecule has 1 atom stereocenters. The maximum absolute atomic E-state index is 12.3. The Kier molecular flexibility index (Phi) is 4.04. The fourth-order valence-electron chi connectivity index (χ4n) is 2.09. The minimum atomic E-state index is 0.123. The van der Waals surface area contributed by atoms with Crippen LogP contribution < -0.4 is 0 Å². The fraction of sp³-hybridized carbons (Fsp3) is 0.462. The largest absolute Gasteiger partial charge is 0.380 e. The molecule has 1 heterocycles. The molecule has 92 valence electrons. The molecular weight excluding hydrogens is 329 g/mol. The molecule has 1 aliphatic heterocycles. The number of ether oxygens (including phenoxy) is 1. The molecule has 1 amide bonds. The number of hydrogen-bond acceptors (Lipinski definition) is 2. The molecule has 0 aromatic heterocycles. The highest BCUT2D eigenvalue weighted by Crippen LogP contribution is 2.21. The van der Waals surface area contributed by atoms with Gasteiger partial charge in [-0.15, -0.1) is 0 Å². The molecule has 1 unspecified atom stereocenters. The van der Waals surface area contributed by atoms with Crippen molar-refractivity contribution >= 4 is 28.5 Å². The maximum Gasteiger partial charge on any atom is 0.255 e. The van der Waals surface area contributed by atoms with E-state index in [2.05, 4.69) is 22.6 Å². The van der Waals surface area contributed by atoms with Crippen molar-refractivity contribution in [3.05, 3.63) is 32.9 Å². The van der Waals surface area contributed by atoms with E-state index in [1.54, 1.807) is 7.11 Å². The minimum Gasteiger partial charge on any atom is -0.380 e. The first-order valence-electron chi connectivity index (χ1n) is 5.70. The highest BCUT2D eigenvalue weighted by atomic mass is 127. The molecular formula is C13H16INO2. The van der Waals surface area contributed by atoms with Crippen molar-refractivity contribution in [2.75, 3.05) is 20.2 Å². The van der Waals surface area contributed by atoms with E-state index in [0.717, 1.165) is 27.7 Å². The first kappa shape index (κ1) is 12.8. The molecule has 0 aliphatic carbocycles. The molecule has 0 bridgehead atoms. The Morgan fingerprint density at radius 3 is 2.94 bits per heavy atom. The molecule has 0 spiro atoms. The lowest BCUT2D eigenvalue weighted by Gasteiger charge is -2.17. The van der Waals surface area contributed by atoms with Crippen LogP contribution in [-0.4, -0.2) is 37.1 Å². The Bertz CT molecular complexity index is 433. The summed E-state index contributed by atoms with van der Waals surface area (Å²) in [5.41, 5.74) is 1.96. The molecule has 1 saturated heterocycles. The van der Waals surface area contributed by atoms with Gasteiger partial charge in [-0.2, -0.15) is 0 Å². The Hall–Kier alpha value is -0.620. The van der Waals surface area contributed by atoms with E-state index in [4.69, 9.17) is 4.74 Å². The summed E-state index contributed by atoms with van der Waals surface area (Å²) in [5, 5.41) is 0. The molecule has 1 fully saturated rings. The predicted molar refractivity (Wildman–Crippen MR) is 75.2 cm³/mol. The van der Waals surface area contributed by atoms with Crippen LogP contribution >= 0.6 is 22.6 Å². The summed E-state index contributed by atoms with van der Waals surface area (Å²) < 4.78 is 6.34. The van der Waals surface area contributed by atoms with Gasteiger partial charge in [0.05, 0.1) is 11.7 Å². The molecule has 17 heavy (non-hydrogen) atoms. The third-order valence-electron chi connectivity index (χ3n) is 3.19. The van der Waals surface area contributed by atoms with Crippen molar-refractivity contribution in [1.29, 1.82) is 0 Å². The number of rotatable bonds is 2. The van der Waals surface area contributed by atoms with Crippen LogP contribution in [0.15, 0.2) is 18.2 Å². The van der Waals surface area contributed by atoms with E-state index in [1.165, 1.54) is 0 Å². The number of hydrogen-bond donors (Lipinski definition) is 0. The van der Waals surface area contributed by atoms with Crippen LogP contribution in [0.4, 0.5) is 0 Å². The van der Waals surface area contributed by atoms with Gasteiger partial charge in [-0.3, -0.25) is 4.79 Å². The van der Waals surface area contributed by atoms with Gasteiger partial charge in [0.1, 0.15) is 0 Å². The molecule has 0 radical (unpaired) electrons. The van der Waals surface area contributed by atoms with Gasteiger partial charge >= 0.3 is 0 Å². The third-order valence-corrected chi connectivity index (χ3v) is 4.62. The normalized spacial score (nSPS) is 19.7. The van der Waals surface area contributed by atoms with Gasteiger partial charge in [-0.1, -0.05) is 12.1 Å². The first-order valence-corrected chi connectivity index (χ1v) is 6.78. The highest BCUT2D eigenvalue weighted by Gasteiger charge is 2.27. The molecule has 4 heteroatoms. The SMILES string of the molecule is COC1CCN(C(=O)c2cccc(C)c2I)C1. The molecule has 1 aromatic carbocycles. The topological polar surface area (TPSA) is 29.5 Å². The number of nitrogens with zero attached hydrogens (tertiary/aromatic N) is 1. The number of halogens is 1. The molecule has 1 aliphatic rings. The molecule has 1 aromatic rings. The van der Waals surface area contributed by atoms with Gasteiger partial charge < -0.3 is 9.64 Å². The quantitative estimate of drug-likeness (QED) is 0.771. The van der Waals surface area contributed by atoms with Crippen LogP contribution in [0, 0.1) is 10.5 Å². The van der Waals surface area contributed by atoms with E-state index in [9.17, 15) is 4.79 Å². The van der Waals surface area contributed by atoms with Gasteiger partial charge in [0.15, 0.2) is 0 Å². The number of carbonyl (C=O) groups excluding carboxylic acids is 1. The smallest absolute Gasteiger partial charge is 0.255 e. The van der Waals surface area contributed by atoms with Crippen LogP contribution in [0.1, 0.15) is 22.3 Å². The predicted octanol–water partition coefficient (Wildman–Crippen LogP) is 2.46. The van der Waals surface area contributed by atoms with Gasteiger partial charge in [0, 0.05) is 23.8 Å². The first-order chi connectivity index (χ1) is 8.13. The molecule has 3 nitrogen and oxygen atoms in total. The summed E-state index contributed by atoms with van der Waals surface area (Å²) in [6.45, 7) is 3.53. The Balaban J connectivity index is 2.18. The fourth-order valence-corrected chi connectivity index (χ4v) is 2.68. The van der Waals surface area contributed by atoms with Gasteiger partial charge in [0.2, 0.25) is 0 Å². The summed E-state index contributed by atoms with van der Waals surface area (Å²) in [6.07, 6.45) is 1.13. The van der Waals surface area contributed by atoms with Crippen LogP contribution in [-0.2, 0) is 4.74 Å². The summed E-state index contributed by atoms with van der Waals surface area (Å²) in [6, 6.07) is 5.87. The molecule has 2 rings (SSSR count). The van der Waals surface area contributed by atoms with E-state index in [-0.39, 0.29) is 12.0 Å². The third kappa shape index (κ3) is 2.63. The second kappa shape index (κ2) is 5.35. The minimum absolute atomic E-state index is 0.123. The number of aryl methyl sites for hydroxylation is 1. The Morgan fingerprint density at radius 1 is 1.53 bits per heavy atom. The van der Waals surface area contributed by atoms with Gasteiger partial charge in [-0.05, 0) is 47.6 Å². The lowest BCUT2D eigenvalue weighted by molar-refractivity contribution is 0.0723. The lowest BCUT2D eigenvalue weighted by Crippen LogP contribution is -2.30. The number of likely N-dealkylation sites (tertiary alicyclic amines) is 1. The van der Waals surface area contributed by atoms with Crippen molar-refractivity contribution in [3.63, 3.8) is 0 Å². The number of methoxy groups -OCH3 is 1. The van der Waals surface area contributed by atoms with Gasteiger partial charge in [0.25, 0.3) is 5.91 Å². The lowest BCUT2D eigenvalue weighted by atomic mass is 10.1. The summed E-state index contributed by atoms with van der Waals surface area (Å²) in [7, 11) is 1.70. The number of amides is 1. The average molecular weight is 345 g/mol. The summed E-state index contributed by atoms with van der Waals surface area (Å²) in [5.74, 6) is 0.123. The second-order valence-electron chi connectivity index (χ2n) is 4.33. The molecule has 0 saturated carbocycles. The summed E-state index contributed by atoms with van der Waals surface area (Å²) in [4.78, 5) is 14.2. The van der Waals surface area contributed by atoms with Crippen LogP contribution in [0.25, 0.3) is 0 Å².